The molecule has 2 rings (SSSR count). The van der Waals surface area contributed by atoms with Gasteiger partial charge < -0.3 is 9.64 Å². The number of hydrogen-bond donors (Lipinski definition) is 0. The Morgan fingerprint density at radius 2 is 1.87 bits per heavy atom. The highest BCUT2D eigenvalue weighted by Gasteiger charge is 2.23. The van der Waals surface area contributed by atoms with Crippen LogP contribution in [0.25, 0.3) is 0 Å². The maximum atomic E-state index is 11.7. The van der Waals surface area contributed by atoms with Crippen LogP contribution in [-0.4, -0.2) is 37.1 Å². The average molecular weight is 207 g/mol. The summed E-state index contributed by atoms with van der Waals surface area (Å²) in [4.78, 5) is 13.9. The highest BCUT2D eigenvalue weighted by atomic mass is 16.5. The van der Waals surface area contributed by atoms with E-state index in [9.17, 15) is 4.79 Å². The van der Waals surface area contributed by atoms with Crippen molar-refractivity contribution in [2.24, 2.45) is 5.92 Å². The molecule has 3 heteroatoms. The van der Waals surface area contributed by atoms with Gasteiger partial charge in [-0.2, -0.15) is 0 Å². The van der Waals surface area contributed by atoms with E-state index in [1.54, 1.807) is 0 Å². The Labute approximate surface area is 90.4 Å². The second-order valence-electron chi connectivity index (χ2n) is 4.24. The van der Waals surface area contributed by atoms with Crippen molar-refractivity contribution < 1.29 is 9.53 Å². The van der Waals surface area contributed by atoms with Gasteiger partial charge in [-0.1, -0.05) is 24.3 Å². The SMILES string of the molecule is CN1CCC(OC(=O)C2C=CC=C2)CC1. The van der Waals surface area contributed by atoms with E-state index in [2.05, 4.69) is 11.9 Å². The molecule has 0 saturated carbocycles. The number of esters is 1. The van der Waals surface area contributed by atoms with Crippen molar-refractivity contribution in [1.82, 2.24) is 4.90 Å². The molecule has 1 fully saturated rings. The number of carbonyl (C=O) groups is 1. The first kappa shape index (κ1) is 10.4. The number of hydrogen-bond acceptors (Lipinski definition) is 3. The summed E-state index contributed by atoms with van der Waals surface area (Å²) in [5.41, 5.74) is 0. The molecule has 0 spiro atoms. The van der Waals surface area contributed by atoms with Crippen molar-refractivity contribution in [1.29, 1.82) is 0 Å². The quantitative estimate of drug-likeness (QED) is 0.640. The molecule has 0 aromatic carbocycles. The Morgan fingerprint density at radius 1 is 1.27 bits per heavy atom. The highest BCUT2D eigenvalue weighted by molar-refractivity contribution is 5.77. The largest absolute Gasteiger partial charge is 0.462 e. The van der Waals surface area contributed by atoms with E-state index >= 15 is 0 Å². The molecule has 0 atom stereocenters. The first-order valence-electron chi connectivity index (χ1n) is 5.50. The molecule has 0 radical (unpaired) electrons. The standard InChI is InChI=1S/C12H17NO2/c1-13-8-6-11(7-9-13)15-12(14)10-4-2-3-5-10/h2-5,10-11H,6-9H2,1H3. The number of carbonyl (C=O) groups excluding carboxylic acids is 1. The van der Waals surface area contributed by atoms with Gasteiger partial charge in [0.25, 0.3) is 0 Å². The minimum Gasteiger partial charge on any atom is -0.462 e. The van der Waals surface area contributed by atoms with Crippen LogP contribution in [0.1, 0.15) is 12.8 Å². The first-order valence-corrected chi connectivity index (χ1v) is 5.50. The Balaban J connectivity index is 1.79. The summed E-state index contributed by atoms with van der Waals surface area (Å²) in [6.07, 6.45) is 9.57. The van der Waals surface area contributed by atoms with Crippen LogP contribution in [0.4, 0.5) is 0 Å². The lowest BCUT2D eigenvalue weighted by atomic mass is 10.1. The number of rotatable bonds is 2. The number of nitrogens with zero attached hydrogens (tertiary/aromatic N) is 1. The van der Waals surface area contributed by atoms with E-state index in [1.807, 2.05) is 24.3 Å². The number of piperidine rings is 1. The Morgan fingerprint density at radius 3 is 2.47 bits per heavy atom. The van der Waals surface area contributed by atoms with Crippen LogP contribution >= 0.6 is 0 Å². The molecule has 2 aliphatic rings. The fraction of sp³-hybridized carbons (Fsp3) is 0.583. The third-order valence-electron chi connectivity index (χ3n) is 2.97. The van der Waals surface area contributed by atoms with Gasteiger partial charge in [-0.3, -0.25) is 4.79 Å². The fourth-order valence-corrected chi connectivity index (χ4v) is 1.93. The summed E-state index contributed by atoms with van der Waals surface area (Å²) in [6, 6.07) is 0. The van der Waals surface area contributed by atoms with E-state index in [0.717, 1.165) is 25.9 Å². The van der Waals surface area contributed by atoms with Crippen molar-refractivity contribution >= 4 is 5.97 Å². The predicted octanol–water partition coefficient (Wildman–Crippen LogP) is 1.37. The summed E-state index contributed by atoms with van der Waals surface area (Å²) in [6.45, 7) is 2.04. The normalized spacial score (nSPS) is 23.5. The van der Waals surface area contributed by atoms with Gasteiger partial charge >= 0.3 is 5.97 Å². The van der Waals surface area contributed by atoms with Crippen LogP contribution in [0.2, 0.25) is 0 Å². The fourth-order valence-electron chi connectivity index (χ4n) is 1.93. The maximum Gasteiger partial charge on any atom is 0.316 e. The Hall–Kier alpha value is -1.09. The summed E-state index contributed by atoms with van der Waals surface area (Å²) in [7, 11) is 2.10. The van der Waals surface area contributed by atoms with E-state index in [1.165, 1.54) is 0 Å². The van der Waals surface area contributed by atoms with Crippen molar-refractivity contribution in [2.75, 3.05) is 20.1 Å². The van der Waals surface area contributed by atoms with Crippen molar-refractivity contribution in [3.63, 3.8) is 0 Å². The van der Waals surface area contributed by atoms with Crippen LogP contribution in [0, 0.1) is 5.92 Å². The van der Waals surface area contributed by atoms with E-state index in [-0.39, 0.29) is 18.0 Å². The molecular weight excluding hydrogens is 190 g/mol. The van der Waals surface area contributed by atoms with Crippen LogP contribution in [0.15, 0.2) is 24.3 Å². The zero-order valence-electron chi connectivity index (χ0n) is 9.06. The predicted molar refractivity (Wildman–Crippen MR) is 58.4 cm³/mol. The van der Waals surface area contributed by atoms with Gasteiger partial charge in [0.05, 0.1) is 5.92 Å². The zero-order chi connectivity index (χ0) is 10.7. The maximum absolute atomic E-state index is 11.7. The number of likely N-dealkylation sites (tertiary alicyclic amines) is 1. The summed E-state index contributed by atoms with van der Waals surface area (Å²) in [5.74, 6) is -0.251. The summed E-state index contributed by atoms with van der Waals surface area (Å²) < 4.78 is 5.46. The number of ether oxygens (including phenoxy) is 1. The molecule has 1 aliphatic heterocycles. The van der Waals surface area contributed by atoms with Gasteiger partial charge in [-0.15, -0.1) is 0 Å². The Kier molecular flexibility index (Phi) is 3.21. The van der Waals surface area contributed by atoms with Gasteiger partial charge in [0.2, 0.25) is 0 Å². The third kappa shape index (κ3) is 2.69. The molecule has 0 aromatic rings. The van der Waals surface area contributed by atoms with E-state index in [0.29, 0.717) is 0 Å². The molecular formula is C12H17NO2. The van der Waals surface area contributed by atoms with E-state index in [4.69, 9.17) is 4.74 Å². The zero-order valence-corrected chi connectivity index (χ0v) is 9.06. The molecule has 1 heterocycles. The van der Waals surface area contributed by atoms with Crippen molar-refractivity contribution in [3.8, 4) is 0 Å². The molecule has 0 amide bonds. The first-order chi connectivity index (χ1) is 7.25. The van der Waals surface area contributed by atoms with Crippen LogP contribution in [-0.2, 0) is 9.53 Å². The van der Waals surface area contributed by atoms with Gasteiger partial charge in [0.15, 0.2) is 0 Å². The lowest BCUT2D eigenvalue weighted by molar-refractivity contribution is -0.152. The molecule has 15 heavy (non-hydrogen) atoms. The second kappa shape index (κ2) is 4.62. The minimum absolute atomic E-state index is 0.102. The van der Waals surface area contributed by atoms with E-state index < -0.39 is 0 Å². The number of allylic oxidation sites excluding steroid dienone is 2. The van der Waals surface area contributed by atoms with Gasteiger partial charge in [-0.25, -0.2) is 0 Å². The van der Waals surface area contributed by atoms with Gasteiger partial charge in [-0.05, 0) is 19.9 Å². The average Bonchev–Trinajstić information content (AvgIpc) is 2.74. The highest BCUT2D eigenvalue weighted by Crippen LogP contribution is 2.17. The van der Waals surface area contributed by atoms with Crippen LogP contribution in [0.5, 0.6) is 0 Å². The lowest BCUT2D eigenvalue weighted by Crippen LogP contribution is -2.36. The molecule has 0 N–H and O–H groups in total. The third-order valence-corrected chi connectivity index (χ3v) is 2.97. The second-order valence-corrected chi connectivity index (χ2v) is 4.24. The minimum atomic E-state index is -0.148. The van der Waals surface area contributed by atoms with Crippen molar-refractivity contribution in [2.45, 2.75) is 18.9 Å². The molecule has 0 bridgehead atoms. The van der Waals surface area contributed by atoms with Gasteiger partial charge in [0.1, 0.15) is 6.10 Å². The molecule has 1 saturated heterocycles. The lowest BCUT2D eigenvalue weighted by Gasteiger charge is -2.29. The smallest absolute Gasteiger partial charge is 0.316 e. The molecule has 0 unspecified atom stereocenters. The molecule has 0 aromatic heterocycles. The molecule has 1 aliphatic carbocycles. The Bertz CT molecular complexity index is 276. The summed E-state index contributed by atoms with van der Waals surface area (Å²) >= 11 is 0. The summed E-state index contributed by atoms with van der Waals surface area (Å²) in [5, 5.41) is 0. The van der Waals surface area contributed by atoms with Gasteiger partial charge in [0, 0.05) is 13.1 Å². The van der Waals surface area contributed by atoms with Crippen LogP contribution in [0.3, 0.4) is 0 Å². The molecule has 82 valence electrons. The molecule has 3 nitrogen and oxygen atoms in total. The van der Waals surface area contributed by atoms with Crippen molar-refractivity contribution in [3.05, 3.63) is 24.3 Å². The monoisotopic (exact) mass is 207 g/mol. The topological polar surface area (TPSA) is 29.5 Å². The van der Waals surface area contributed by atoms with Crippen LogP contribution < -0.4 is 0 Å².